The minimum absolute atomic E-state index is 0.462. The summed E-state index contributed by atoms with van der Waals surface area (Å²) in [6.45, 7) is 6.51. The van der Waals surface area contributed by atoms with Crippen molar-refractivity contribution in [3.63, 3.8) is 0 Å². The van der Waals surface area contributed by atoms with Gasteiger partial charge in [-0.2, -0.15) is 0 Å². The number of aromatic nitrogens is 3. The first kappa shape index (κ1) is 13.0. The minimum Gasteiger partial charge on any atom is -0.325 e. The predicted octanol–water partition coefficient (Wildman–Crippen LogP) is 2.41. The van der Waals surface area contributed by atoms with E-state index in [0.717, 1.165) is 32.7 Å². The van der Waals surface area contributed by atoms with Gasteiger partial charge in [0.25, 0.3) is 0 Å². The molecule has 0 fully saturated rings. The molecule has 0 spiro atoms. The highest BCUT2D eigenvalue weighted by atomic mass is 32.2. The summed E-state index contributed by atoms with van der Waals surface area (Å²) in [5, 5.41) is 0.762. The Morgan fingerprint density at radius 2 is 1.78 bits per heavy atom. The molecule has 0 aromatic carbocycles. The number of hydrogen-bond acceptors (Lipinski definition) is 5. The van der Waals surface area contributed by atoms with Gasteiger partial charge >= 0.3 is 0 Å². The van der Waals surface area contributed by atoms with Crippen LogP contribution in [0.3, 0.4) is 0 Å². The SMILES string of the molecule is Cc1nc(Sc2ccc(CN)nc2)nc(C)c1C. The molecule has 0 aliphatic carbocycles. The Hall–Kier alpha value is -1.46. The van der Waals surface area contributed by atoms with Crippen LogP contribution in [0, 0.1) is 20.8 Å². The molecular formula is C13H16N4S. The molecule has 2 aromatic rings. The maximum absolute atomic E-state index is 5.51. The molecule has 0 unspecified atom stereocenters. The van der Waals surface area contributed by atoms with Crippen molar-refractivity contribution < 1.29 is 0 Å². The Balaban J connectivity index is 2.23. The maximum Gasteiger partial charge on any atom is 0.192 e. The van der Waals surface area contributed by atoms with Crippen LogP contribution < -0.4 is 5.73 Å². The van der Waals surface area contributed by atoms with E-state index in [4.69, 9.17) is 5.73 Å². The summed E-state index contributed by atoms with van der Waals surface area (Å²) in [5.74, 6) is 0. The van der Waals surface area contributed by atoms with E-state index in [1.54, 1.807) is 6.20 Å². The van der Waals surface area contributed by atoms with Crippen molar-refractivity contribution in [3.8, 4) is 0 Å². The van der Waals surface area contributed by atoms with Crippen LogP contribution in [-0.4, -0.2) is 15.0 Å². The molecule has 2 N–H and O–H groups in total. The first-order chi connectivity index (χ1) is 8.60. The fourth-order valence-electron chi connectivity index (χ4n) is 1.48. The fraction of sp³-hybridized carbons (Fsp3) is 0.308. The third kappa shape index (κ3) is 2.86. The van der Waals surface area contributed by atoms with Crippen molar-refractivity contribution in [1.82, 2.24) is 15.0 Å². The van der Waals surface area contributed by atoms with E-state index >= 15 is 0 Å². The largest absolute Gasteiger partial charge is 0.325 e. The van der Waals surface area contributed by atoms with E-state index in [2.05, 4.69) is 15.0 Å². The van der Waals surface area contributed by atoms with Crippen molar-refractivity contribution in [1.29, 1.82) is 0 Å². The monoisotopic (exact) mass is 260 g/mol. The van der Waals surface area contributed by atoms with E-state index < -0.39 is 0 Å². The van der Waals surface area contributed by atoms with E-state index in [1.807, 2.05) is 32.9 Å². The molecule has 0 aliphatic rings. The first-order valence-corrected chi connectivity index (χ1v) is 6.56. The lowest BCUT2D eigenvalue weighted by Crippen LogP contribution is -1.99. The quantitative estimate of drug-likeness (QED) is 0.858. The zero-order chi connectivity index (χ0) is 13.1. The molecule has 0 radical (unpaired) electrons. The van der Waals surface area contributed by atoms with Gasteiger partial charge in [-0.05, 0) is 50.2 Å². The highest BCUT2D eigenvalue weighted by molar-refractivity contribution is 7.99. The van der Waals surface area contributed by atoms with Crippen molar-refractivity contribution in [3.05, 3.63) is 41.0 Å². The molecule has 0 atom stereocenters. The topological polar surface area (TPSA) is 64.7 Å². The molecule has 2 rings (SSSR count). The van der Waals surface area contributed by atoms with Crippen molar-refractivity contribution in [2.24, 2.45) is 5.73 Å². The molecule has 94 valence electrons. The Morgan fingerprint density at radius 3 is 2.28 bits per heavy atom. The highest BCUT2D eigenvalue weighted by Gasteiger charge is 2.06. The molecule has 4 nitrogen and oxygen atoms in total. The normalized spacial score (nSPS) is 10.7. The van der Waals surface area contributed by atoms with Crippen molar-refractivity contribution in [2.45, 2.75) is 37.4 Å². The zero-order valence-electron chi connectivity index (χ0n) is 10.8. The molecular weight excluding hydrogens is 244 g/mol. The Kier molecular flexibility index (Phi) is 3.93. The standard InChI is InChI=1S/C13H16N4S/c1-8-9(2)16-13(17-10(8)3)18-12-5-4-11(6-14)15-7-12/h4-5,7H,6,14H2,1-3H3. The molecule has 2 aromatic heterocycles. The van der Waals surface area contributed by atoms with Crippen LogP contribution in [0.1, 0.15) is 22.6 Å². The van der Waals surface area contributed by atoms with E-state index in [9.17, 15) is 0 Å². The van der Waals surface area contributed by atoms with Gasteiger partial charge in [0.2, 0.25) is 0 Å². The summed E-state index contributed by atoms with van der Waals surface area (Å²) < 4.78 is 0. The van der Waals surface area contributed by atoms with Gasteiger partial charge in [-0.3, -0.25) is 4.98 Å². The lowest BCUT2D eigenvalue weighted by Gasteiger charge is -2.06. The molecule has 0 saturated carbocycles. The second kappa shape index (κ2) is 5.46. The predicted molar refractivity (Wildman–Crippen MR) is 72.5 cm³/mol. The lowest BCUT2D eigenvalue weighted by atomic mass is 10.2. The van der Waals surface area contributed by atoms with Crippen molar-refractivity contribution >= 4 is 11.8 Å². The van der Waals surface area contributed by atoms with Gasteiger partial charge in [-0.15, -0.1) is 0 Å². The van der Waals surface area contributed by atoms with Crippen LogP contribution in [0.4, 0.5) is 0 Å². The Bertz CT molecular complexity index is 528. The summed E-state index contributed by atoms with van der Waals surface area (Å²) in [6.07, 6.45) is 1.81. The Labute approximate surface area is 111 Å². The number of rotatable bonds is 3. The molecule has 0 saturated heterocycles. The molecule has 5 heteroatoms. The van der Waals surface area contributed by atoms with Crippen LogP contribution in [0.5, 0.6) is 0 Å². The average molecular weight is 260 g/mol. The van der Waals surface area contributed by atoms with Crippen molar-refractivity contribution in [2.75, 3.05) is 0 Å². The van der Waals surface area contributed by atoms with Gasteiger partial charge in [-0.25, -0.2) is 9.97 Å². The smallest absolute Gasteiger partial charge is 0.192 e. The summed E-state index contributed by atoms with van der Waals surface area (Å²) in [7, 11) is 0. The molecule has 2 heterocycles. The molecule has 0 aliphatic heterocycles. The number of nitrogens with two attached hydrogens (primary N) is 1. The number of hydrogen-bond donors (Lipinski definition) is 1. The summed E-state index contributed by atoms with van der Waals surface area (Å²) in [4.78, 5) is 14.2. The van der Waals surface area contributed by atoms with Crippen LogP contribution in [-0.2, 0) is 6.54 Å². The van der Waals surface area contributed by atoms with Gasteiger partial charge in [0, 0.05) is 29.0 Å². The second-order valence-electron chi connectivity index (χ2n) is 4.09. The van der Waals surface area contributed by atoms with Gasteiger partial charge < -0.3 is 5.73 Å². The van der Waals surface area contributed by atoms with E-state index in [1.165, 1.54) is 11.8 Å². The Morgan fingerprint density at radius 1 is 1.11 bits per heavy atom. The number of aryl methyl sites for hydroxylation is 2. The third-order valence-electron chi connectivity index (χ3n) is 2.83. The average Bonchev–Trinajstić information content (AvgIpc) is 2.37. The maximum atomic E-state index is 5.51. The first-order valence-electron chi connectivity index (χ1n) is 5.75. The van der Waals surface area contributed by atoms with E-state index in [0.29, 0.717) is 6.54 Å². The number of pyridine rings is 1. The lowest BCUT2D eigenvalue weighted by molar-refractivity contribution is 0.880. The summed E-state index contributed by atoms with van der Waals surface area (Å²) in [6, 6.07) is 3.92. The fourth-order valence-corrected chi connectivity index (χ4v) is 2.30. The van der Waals surface area contributed by atoms with Crippen LogP contribution in [0.25, 0.3) is 0 Å². The van der Waals surface area contributed by atoms with Gasteiger partial charge in [0.05, 0.1) is 5.69 Å². The number of nitrogens with zero attached hydrogens (tertiary/aromatic N) is 3. The minimum atomic E-state index is 0.462. The molecule has 0 amide bonds. The molecule has 18 heavy (non-hydrogen) atoms. The summed E-state index contributed by atoms with van der Waals surface area (Å²) in [5.41, 5.74) is 9.60. The van der Waals surface area contributed by atoms with Gasteiger partial charge in [-0.1, -0.05) is 0 Å². The highest BCUT2D eigenvalue weighted by Crippen LogP contribution is 2.25. The molecule has 0 bridgehead atoms. The van der Waals surface area contributed by atoms with E-state index in [-0.39, 0.29) is 0 Å². The van der Waals surface area contributed by atoms with Gasteiger partial charge in [0.15, 0.2) is 5.16 Å². The van der Waals surface area contributed by atoms with Gasteiger partial charge in [0.1, 0.15) is 0 Å². The van der Waals surface area contributed by atoms with Crippen LogP contribution in [0.2, 0.25) is 0 Å². The van der Waals surface area contributed by atoms with Crippen LogP contribution in [0.15, 0.2) is 28.4 Å². The second-order valence-corrected chi connectivity index (χ2v) is 5.13. The zero-order valence-corrected chi connectivity index (χ0v) is 11.6. The summed E-state index contributed by atoms with van der Waals surface area (Å²) >= 11 is 1.52. The third-order valence-corrected chi connectivity index (χ3v) is 3.67. The van der Waals surface area contributed by atoms with Crippen LogP contribution >= 0.6 is 11.8 Å².